The minimum absolute atomic E-state index is 0.238. The molecule has 0 aliphatic carbocycles. The number of rotatable bonds is 0. The summed E-state index contributed by atoms with van der Waals surface area (Å²) in [6.45, 7) is 0. The second-order valence-electron chi connectivity index (χ2n) is 4.07. The Morgan fingerprint density at radius 3 is 2.41 bits per heavy atom. The number of aromatic nitrogens is 3. The lowest BCUT2D eigenvalue weighted by Gasteiger charge is -1.93. The minimum Gasteiger partial charge on any atom is -0.475 e. The number of halogens is 3. The van der Waals surface area contributed by atoms with Crippen molar-refractivity contribution < 1.29 is 23.1 Å². The van der Waals surface area contributed by atoms with E-state index in [-0.39, 0.29) is 5.56 Å². The van der Waals surface area contributed by atoms with Gasteiger partial charge in [-0.2, -0.15) is 18.2 Å². The second-order valence-corrected chi connectivity index (χ2v) is 4.07. The molecule has 3 rings (SSSR count). The first kappa shape index (κ1) is 15.4. The van der Waals surface area contributed by atoms with Crippen LogP contribution in [-0.2, 0) is 4.79 Å². The monoisotopic (exact) mass is 311 g/mol. The van der Waals surface area contributed by atoms with Gasteiger partial charge in [0, 0.05) is 10.9 Å². The van der Waals surface area contributed by atoms with Crippen LogP contribution in [0.5, 0.6) is 0 Å². The van der Waals surface area contributed by atoms with Crippen molar-refractivity contribution in [3.63, 3.8) is 0 Å². The summed E-state index contributed by atoms with van der Waals surface area (Å²) in [7, 11) is 0. The number of nitrogens with one attached hydrogen (secondary N) is 1. The third-order valence-corrected chi connectivity index (χ3v) is 2.62. The van der Waals surface area contributed by atoms with Gasteiger partial charge in [-0.1, -0.05) is 24.3 Å². The quantitative estimate of drug-likeness (QED) is 0.663. The molecule has 0 saturated carbocycles. The van der Waals surface area contributed by atoms with Crippen molar-refractivity contribution in [2.24, 2.45) is 0 Å². The van der Waals surface area contributed by atoms with E-state index >= 15 is 0 Å². The fraction of sp³-hybridized carbons (Fsp3) is 0.0769. The molecule has 3 aromatic rings. The maximum Gasteiger partial charge on any atom is 0.490 e. The van der Waals surface area contributed by atoms with E-state index < -0.39 is 12.1 Å². The molecule has 0 bridgehead atoms. The van der Waals surface area contributed by atoms with E-state index in [0.29, 0.717) is 11.0 Å². The number of hydrogen-bond donors (Lipinski definition) is 2. The van der Waals surface area contributed by atoms with Gasteiger partial charge in [-0.15, -0.1) is 0 Å². The van der Waals surface area contributed by atoms with Gasteiger partial charge in [0.25, 0.3) is 5.56 Å². The van der Waals surface area contributed by atoms with Crippen molar-refractivity contribution in [3.05, 3.63) is 47.0 Å². The van der Waals surface area contributed by atoms with Gasteiger partial charge in [0.05, 0.1) is 5.39 Å². The summed E-state index contributed by atoms with van der Waals surface area (Å²) in [5.41, 5.74) is 1.25. The van der Waals surface area contributed by atoms with E-state index in [1.807, 2.05) is 30.3 Å². The normalized spacial score (nSPS) is 11.0. The molecule has 0 amide bonds. The lowest BCUT2D eigenvalue weighted by Crippen LogP contribution is -2.21. The fourth-order valence-corrected chi connectivity index (χ4v) is 1.71. The number of carboxylic acids is 1. The summed E-state index contributed by atoms with van der Waals surface area (Å²) in [4.78, 5) is 31.3. The molecule has 0 radical (unpaired) electrons. The number of H-pyrrole nitrogens is 1. The van der Waals surface area contributed by atoms with Crippen molar-refractivity contribution in [1.29, 1.82) is 0 Å². The molecule has 9 heteroatoms. The van der Waals surface area contributed by atoms with Gasteiger partial charge < -0.3 is 10.1 Å². The summed E-state index contributed by atoms with van der Waals surface area (Å²) in [6.07, 6.45) is -3.81. The predicted octanol–water partition coefficient (Wildman–Crippen LogP) is 2.10. The van der Waals surface area contributed by atoms with Gasteiger partial charge in [0.15, 0.2) is 0 Å². The fourth-order valence-electron chi connectivity index (χ4n) is 1.71. The van der Waals surface area contributed by atoms with Crippen LogP contribution in [-0.4, -0.2) is 32.2 Å². The number of aromatic amines is 1. The maximum atomic E-state index is 11.6. The SMILES string of the molecule is O=C(O)C(F)(F)F.O=c1ncnc2[nH]c3cccccc3c12. The third kappa shape index (κ3) is 3.19. The molecule has 2 N–H and O–H groups in total. The minimum atomic E-state index is -5.08. The summed E-state index contributed by atoms with van der Waals surface area (Å²) in [6, 6.07) is 9.51. The highest BCUT2D eigenvalue weighted by Crippen LogP contribution is 2.18. The number of carbonyl (C=O) groups is 1. The van der Waals surface area contributed by atoms with Crippen molar-refractivity contribution in [2.45, 2.75) is 6.18 Å². The second kappa shape index (κ2) is 5.80. The highest BCUT2D eigenvalue weighted by molar-refractivity contribution is 6.04. The Morgan fingerprint density at radius 1 is 1.14 bits per heavy atom. The maximum absolute atomic E-state index is 11.6. The molecule has 0 fully saturated rings. The van der Waals surface area contributed by atoms with Gasteiger partial charge >= 0.3 is 12.1 Å². The molecular weight excluding hydrogens is 303 g/mol. The largest absolute Gasteiger partial charge is 0.490 e. The van der Waals surface area contributed by atoms with Crippen LogP contribution in [0.15, 0.2) is 41.5 Å². The molecule has 114 valence electrons. The molecule has 0 spiro atoms. The Balaban J connectivity index is 0.000000217. The Kier molecular flexibility index (Phi) is 4.06. The van der Waals surface area contributed by atoms with Crippen LogP contribution in [0.3, 0.4) is 0 Å². The first-order valence-electron chi connectivity index (χ1n) is 5.82. The van der Waals surface area contributed by atoms with E-state index in [4.69, 9.17) is 9.90 Å². The average molecular weight is 311 g/mol. The Hall–Kier alpha value is -2.97. The molecule has 6 nitrogen and oxygen atoms in total. The smallest absolute Gasteiger partial charge is 0.475 e. The number of alkyl halides is 3. The molecule has 22 heavy (non-hydrogen) atoms. The third-order valence-electron chi connectivity index (χ3n) is 2.62. The molecule has 0 atom stereocenters. The number of fused-ring (bicyclic) bond motifs is 3. The zero-order chi connectivity index (χ0) is 16.3. The summed E-state index contributed by atoms with van der Waals surface area (Å²) >= 11 is 0. The molecule has 0 unspecified atom stereocenters. The van der Waals surface area contributed by atoms with Crippen LogP contribution in [0.1, 0.15) is 0 Å². The van der Waals surface area contributed by atoms with E-state index in [9.17, 15) is 18.0 Å². The van der Waals surface area contributed by atoms with Crippen LogP contribution in [0.25, 0.3) is 21.9 Å². The topological polar surface area (TPSA) is 95.9 Å². The lowest BCUT2D eigenvalue weighted by molar-refractivity contribution is -0.192. The molecule has 0 saturated heterocycles. The molecule has 2 heterocycles. The summed E-state index contributed by atoms with van der Waals surface area (Å²) in [5.74, 6) is -2.76. The molecule has 1 aromatic carbocycles. The van der Waals surface area contributed by atoms with E-state index in [1.54, 1.807) is 0 Å². The van der Waals surface area contributed by atoms with E-state index in [2.05, 4.69) is 15.0 Å². The molecule has 2 aromatic heterocycles. The number of nitrogens with zero attached hydrogens (tertiary/aromatic N) is 2. The van der Waals surface area contributed by atoms with Gasteiger partial charge in [-0.3, -0.25) is 4.79 Å². The molecular formula is C13H8F3N3O3. The van der Waals surface area contributed by atoms with Crippen molar-refractivity contribution in [1.82, 2.24) is 15.0 Å². The van der Waals surface area contributed by atoms with Crippen LogP contribution in [0, 0.1) is 0 Å². The van der Waals surface area contributed by atoms with Crippen molar-refractivity contribution >= 4 is 27.9 Å². The van der Waals surface area contributed by atoms with Gasteiger partial charge in [0.1, 0.15) is 12.0 Å². The zero-order valence-corrected chi connectivity index (χ0v) is 10.8. The zero-order valence-electron chi connectivity index (χ0n) is 10.8. The van der Waals surface area contributed by atoms with E-state index in [0.717, 1.165) is 10.9 Å². The van der Waals surface area contributed by atoms with Crippen LogP contribution < -0.4 is 5.56 Å². The number of hydrogen-bond acceptors (Lipinski definition) is 4. The van der Waals surface area contributed by atoms with Crippen LogP contribution >= 0.6 is 0 Å². The number of aliphatic carboxylic acids is 1. The first-order chi connectivity index (χ1) is 10.3. The summed E-state index contributed by atoms with van der Waals surface area (Å²) < 4.78 is 31.7. The highest BCUT2D eigenvalue weighted by Gasteiger charge is 2.38. The van der Waals surface area contributed by atoms with Crippen molar-refractivity contribution in [3.8, 4) is 0 Å². The summed E-state index contributed by atoms with van der Waals surface area (Å²) in [5, 5.41) is 8.55. The lowest BCUT2D eigenvalue weighted by atomic mass is 10.2. The van der Waals surface area contributed by atoms with Crippen LogP contribution in [0.4, 0.5) is 13.2 Å². The predicted molar refractivity (Wildman–Crippen MR) is 71.4 cm³/mol. The Bertz CT molecular complexity index is 890. The van der Waals surface area contributed by atoms with Gasteiger partial charge in [0.2, 0.25) is 0 Å². The molecule has 0 aliphatic rings. The Labute approximate surface area is 120 Å². The van der Waals surface area contributed by atoms with Gasteiger partial charge in [-0.05, 0) is 6.07 Å². The van der Waals surface area contributed by atoms with E-state index in [1.165, 1.54) is 6.33 Å². The highest BCUT2D eigenvalue weighted by atomic mass is 19.4. The van der Waals surface area contributed by atoms with Crippen LogP contribution in [0.2, 0.25) is 0 Å². The first-order valence-corrected chi connectivity index (χ1v) is 5.82. The average Bonchev–Trinajstić information content (AvgIpc) is 2.62. The van der Waals surface area contributed by atoms with Crippen molar-refractivity contribution in [2.75, 3.05) is 0 Å². The molecule has 0 aliphatic heterocycles. The standard InChI is InChI=1S/C11H7N3O.C2HF3O2/c15-11-9-7-4-2-1-3-5-8(7)14-10(9)12-6-13-11;3-2(4,5)1(6)7/h1-6H,(H,12,13,14,15);(H,6,7). The van der Waals surface area contributed by atoms with Gasteiger partial charge in [-0.25, -0.2) is 9.78 Å². The Morgan fingerprint density at radius 2 is 1.77 bits per heavy atom. The number of carboxylic acid groups (broad SMARTS) is 1.